The van der Waals surface area contributed by atoms with Gasteiger partial charge in [0.25, 0.3) is 5.91 Å². The van der Waals surface area contributed by atoms with Crippen LogP contribution in [0, 0.1) is 0 Å². The Hall–Kier alpha value is -3.83. The number of thiol groups is 1. The van der Waals surface area contributed by atoms with Gasteiger partial charge in [-0.05, 0) is 61.0 Å². The molecular weight excluding hydrogens is 504 g/mol. The fourth-order valence-corrected chi connectivity index (χ4v) is 4.50. The predicted molar refractivity (Wildman–Crippen MR) is 134 cm³/mol. The van der Waals surface area contributed by atoms with Crippen LogP contribution in [-0.4, -0.2) is 42.2 Å². The van der Waals surface area contributed by atoms with Crippen LogP contribution < -0.4 is 10.1 Å². The fraction of sp³-hybridized carbons (Fsp3) is 0.231. The Morgan fingerprint density at radius 2 is 1.86 bits per heavy atom. The molecule has 0 fully saturated rings. The number of carbonyl (C=O) groups is 1. The average Bonchev–Trinajstić information content (AvgIpc) is 3.24. The monoisotopic (exact) mass is 529 g/mol. The lowest BCUT2D eigenvalue weighted by atomic mass is 10.1. The van der Waals surface area contributed by atoms with Crippen LogP contribution in [0.5, 0.6) is 5.75 Å². The molecule has 0 saturated carbocycles. The smallest absolute Gasteiger partial charge is 0.387 e. The number of hydrogen-bond acceptors (Lipinski definition) is 6. The Labute approximate surface area is 213 Å². The number of alkyl halides is 2. The lowest BCUT2D eigenvalue weighted by Crippen LogP contribution is -2.31. The molecule has 11 heteroatoms. The second-order valence-electron chi connectivity index (χ2n) is 8.26. The Bertz CT molecular complexity index is 1460. The van der Waals surface area contributed by atoms with Crippen LogP contribution in [0.4, 0.5) is 8.78 Å². The van der Waals surface area contributed by atoms with Crippen LogP contribution in [0.25, 0.3) is 10.9 Å². The molecule has 2 N–H and O–H groups in total. The largest absolute Gasteiger partial charge is 0.435 e. The van der Waals surface area contributed by atoms with E-state index in [0.717, 1.165) is 22.2 Å². The highest BCUT2D eigenvalue weighted by Gasteiger charge is 2.18. The Morgan fingerprint density at radius 3 is 2.46 bits per heavy atom. The van der Waals surface area contributed by atoms with Gasteiger partial charge in [-0.25, -0.2) is 8.42 Å². The van der Waals surface area contributed by atoms with E-state index in [2.05, 4.69) is 19.6 Å². The zero-order valence-corrected chi connectivity index (χ0v) is 20.7. The number of aliphatic hydroxyl groups excluding tert-OH is 1. The van der Waals surface area contributed by atoms with Crippen LogP contribution in [0.15, 0.2) is 71.8 Å². The first-order valence-electron chi connectivity index (χ1n) is 11.5. The number of nitrogens with zero attached hydrogens (tertiary/aromatic N) is 2. The molecule has 0 aliphatic carbocycles. The first kappa shape index (κ1) is 26.2. The van der Waals surface area contributed by atoms with E-state index in [1.807, 2.05) is 19.1 Å². The lowest BCUT2D eigenvalue weighted by molar-refractivity contribution is -0.0498. The molecule has 4 rings (SSSR count). The van der Waals surface area contributed by atoms with E-state index in [-0.39, 0.29) is 10.6 Å². The molecule has 2 heterocycles. The van der Waals surface area contributed by atoms with Crippen molar-refractivity contribution in [3.05, 3.63) is 89.4 Å². The molecule has 0 saturated heterocycles. The van der Waals surface area contributed by atoms with Crippen molar-refractivity contribution in [1.82, 2.24) is 14.9 Å². The summed E-state index contributed by atoms with van der Waals surface area (Å²) < 4.78 is 53.5. The van der Waals surface area contributed by atoms with E-state index in [4.69, 9.17) is 0 Å². The summed E-state index contributed by atoms with van der Waals surface area (Å²) in [6, 6.07) is 15.8. The Kier molecular flexibility index (Phi) is 8.14. The van der Waals surface area contributed by atoms with Crippen molar-refractivity contribution < 1.29 is 31.8 Å². The van der Waals surface area contributed by atoms with Crippen molar-refractivity contribution in [2.45, 2.75) is 37.4 Å². The number of amides is 1. The second-order valence-corrected chi connectivity index (χ2v) is 9.29. The predicted octanol–water partition coefficient (Wildman–Crippen LogP) is 3.68. The van der Waals surface area contributed by atoms with Crippen LogP contribution in [0.3, 0.4) is 0 Å². The summed E-state index contributed by atoms with van der Waals surface area (Å²) >= 11 is 0. The van der Waals surface area contributed by atoms with Crippen molar-refractivity contribution >= 4 is 27.5 Å². The van der Waals surface area contributed by atoms with Gasteiger partial charge in [0, 0.05) is 41.3 Å². The van der Waals surface area contributed by atoms with E-state index in [9.17, 15) is 27.1 Å². The number of aryl methyl sites for hydroxylation is 1. The van der Waals surface area contributed by atoms with Gasteiger partial charge in [-0.2, -0.15) is 8.78 Å². The van der Waals surface area contributed by atoms with Crippen LogP contribution in [0.2, 0.25) is 0 Å². The third-order valence-corrected chi connectivity index (χ3v) is 6.61. The molecule has 0 aliphatic heterocycles. The SMILES string of the molecule is CCn1c(Cc2ccc(OC(F)F)cc2)cc2cc(C(=O)N[C@@H](CO)c3ccc([SH](=O)=O)cn3)ccc21. The summed E-state index contributed by atoms with van der Waals surface area (Å²) in [4.78, 5) is 17.0. The first-order valence-corrected chi connectivity index (χ1v) is 12.6. The van der Waals surface area contributed by atoms with Gasteiger partial charge in [0.1, 0.15) is 5.75 Å². The van der Waals surface area contributed by atoms with E-state index >= 15 is 0 Å². The molecule has 0 spiro atoms. The number of hydrogen-bond donors (Lipinski definition) is 3. The minimum Gasteiger partial charge on any atom is -0.435 e. The van der Waals surface area contributed by atoms with Gasteiger partial charge in [0.05, 0.1) is 23.2 Å². The molecular formula is C26H25F2N3O5S. The van der Waals surface area contributed by atoms with Gasteiger partial charge < -0.3 is 19.7 Å². The van der Waals surface area contributed by atoms with Crippen LogP contribution >= 0.6 is 0 Å². The lowest BCUT2D eigenvalue weighted by Gasteiger charge is -2.16. The Morgan fingerprint density at radius 1 is 1.11 bits per heavy atom. The number of rotatable bonds is 10. The molecule has 1 atom stereocenters. The summed E-state index contributed by atoms with van der Waals surface area (Å²) in [5.74, 6) is -0.319. The fourth-order valence-electron chi connectivity index (χ4n) is 4.15. The number of carbonyl (C=O) groups excluding carboxylic acids is 1. The molecule has 8 nitrogen and oxygen atoms in total. The number of fused-ring (bicyclic) bond motifs is 1. The van der Waals surface area contributed by atoms with Crippen molar-refractivity contribution in [3.63, 3.8) is 0 Å². The molecule has 0 bridgehead atoms. The van der Waals surface area contributed by atoms with Gasteiger partial charge in [0.15, 0.2) is 10.7 Å². The maximum Gasteiger partial charge on any atom is 0.387 e. The summed E-state index contributed by atoms with van der Waals surface area (Å²) in [5.41, 5.74) is 3.57. The molecule has 194 valence electrons. The Balaban J connectivity index is 1.54. The average molecular weight is 530 g/mol. The van der Waals surface area contributed by atoms with E-state index in [1.165, 1.54) is 30.5 Å². The summed E-state index contributed by atoms with van der Waals surface area (Å²) in [7, 11) is -2.77. The number of benzene rings is 2. The highest BCUT2D eigenvalue weighted by Crippen LogP contribution is 2.25. The highest BCUT2D eigenvalue weighted by molar-refractivity contribution is 7.72. The van der Waals surface area contributed by atoms with Crippen molar-refractivity contribution in [2.24, 2.45) is 0 Å². The minimum absolute atomic E-state index is 0.0425. The van der Waals surface area contributed by atoms with Crippen molar-refractivity contribution in [1.29, 1.82) is 0 Å². The summed E-state index contributed by atoms with van der Waals surface area (Å²) in [6.07, 6.45) is 1.73. The number of halogens is 2. The molecule has 37 heavy (non-hydrogen) atoms. The number of aliphatic hydroxyl groups is 1. The standard InChI is InChI=1S/C26H25F2N3O5S/c1-2-31-19(11-16-3-6-20(7-4-16)36-26(27)28)13-18-12-17(5-10-24(18)31)25(33)30-23(15-32)22-9-8-21(14-29-22)37(34)35/h3-10,12-14,23,26,32,37H,2,11,15H2,1H3,(H,30,33)/t23-/m0/s1. The number of aromatic nitrogens is 2. The molecule has 2 aromatic carbocycles. The van der Waals surface area contributed by atoms with Crippen molar-refractivity contribution in [3.8, 4) is 5.75 Å². The summed E-state index contributed by atoms with van der Waals surface area (Å²) in [5, 5.41) is 13.4. The van der Waals surface area contributed by atoms with Crippen LogP contribution in [-0.2, 0) is 23.7 Å². The van der Waals surface area contributed by atoms with Gasteiger partial charge in [-0.3, -0.25) is 9.78 Å². The third-order valence-electron chi connectivity index (χ3n) is 5.93. The van der Waals surface area contributed by atoms with E-state index in [0.29, 0.717) is 24.2 Å². The maximum absolute atomic E-state index is 12.9. The van der Waals surface area contributed by atoms with Crippen molar-refractivity contribution in [2.75, 3.05) is 6.61 Å². The molecule has 2 aromatic heterocycles. The third kappa shape index (κ3) is 6.12. The van der Waals surface area contributed by atoms with E-state index in [1.54, 1.807) is 24.3 Å². The van der Waals surface area contributed by atoms with Gasteiger partial charge in [-0.15, -0.1) is 0 Å². The molecule has 0 radical (unpaired) electrons. The number of nitrogens with one attached hydrogen (secondary N) is 1. The quantitative estimate of drug-likeness (QED) is 0.271. The number of ether oxygens (including phenoxy) is 1. The maximum atomic E-state index is 12.9. The molecule has 0 aliphatic rings. The van der Waals surface area contributed by atoms with Crippen LogP contribution in [0.1, 0.15) is 40.3 Å². The van der Waals surface area contributed by atoms with Gasteiger partial charge in [0.2, 0.25) is 0 Å². The zero-order valence-electron chi connectivity index (χ0n) is 19.8. The zero-order chi connectivity index (χ0) is 26.5. The molecule has 1 amide bonds. The van der Waals surface area contributed by atoms with Gasteiger partial charge in [-0.1, -0.05) is 12.1 Å². The highest BCUT2D eigenvalue weighted by atomic mass is 32.2. The molecule has 0 unspecified atom stereocenters. The topological polar surface area (TPSA) is 111 Å². The van der Waals surface area contributed by atoms with Gasteiger partial charge >= 0.3 is 6.61 Å². The number of pyridine rings is 1. The van der Waals surface area contributed by atoms with E-state index < -0.39 is 35.9 Å². The molecule has 4 aromatic rings. The summed E-state index contributed by atoms with van der Waals surface area (Å²) in [6.45, 7) is -0.585. The second kappa shape index (κ2) is 11.5. The normalized spacial score (nSPS) is 12.3. The minimum atomic E-state index is -2.87. The first-order chi connectivity index (χ1) is 17.8.